The van der Waals surface area contributed by atoms with Gasteiger partial charge in [-0.3, -0.25) is 4.90 Å². The van der Waals surface area contributed by atoms with E-state index >= 15 is 0 Å². The van der Waals surface area contributed by atoms with E-state index < -0.39 is 12.0 Å². The lowest BCUT2D eigenvalue weighted by atomic mass is 9.95. The van der Waals surface area contributed by atoms with Crippen LogP contribution in [-0.2, 0) is 9.53 Å². The highest BCUT2D eigenvalue weighted by Gasteiger charge is 2.35. The Bertz CT molecular complexity index is 642. The van der Waals surface area contributed by atoms with Gasteiger partial charge in [0.2, 0.25) is 0 Å². The van der Waals surface area contributed by atoms with Gasteiger partial charge in [0.25, 0.3) is 0 Å². The molecule has 23 heavy (non-hydrogen) atoms. The molecule has 1 aromatic carbocycles. The molecule has 1 aliphatic rings. The van der Waals surface area contributed by atoms with Crippen LogP contribution in [0.25, 0.3) is 0 Å². The van der Waals surface area contributed by atoms with Gasteiger partial charge in [-0.25, -0.2) is 9.59 Å². The number of esters is 1. The maximum atomic E-state index is 12.4. The lowest BCUT2D eigenvalue weighted by Gasteiger charge is -2.35. The average Bonchev–Trinajstić information content (AvgIpc) is 2.53. The van der Waals surface area contributed by atoms with E-state index in [1.807, 2.05) is 6.07 Å². The zero-order chi connectivity index (χ0) is 17.0. The summed E-state index contributed by atoms with van der Waals surface area (Å²) in [5.41, 5.74) is 1.81. The van der Waals surface area contributed by atoms with Crippen molar-refractivity contribution in [2.75, 3.05) is 13.7 Å². The minimum absolute atomic E-state index is 0.214. The molecule has 0 saturated carbocycles. The number of rotatable bonds is 5. The average molecular weight is 337 g/mol. The Morgan fingerprint density at radius 1 is 1.43 bits per heavy atom. The van der Waals surface area contributed by atoms with Gasteiger partial charge in [-0.2, -0.15) is 0 Å². The molecule has 1 aromatic rings. The number of halogens is 1. The highest BCUT2D eigenvalue weighted by molar-refractivity contribution is 6.30. The lowest BCUT2D eigenvalue weighted by Crippen LogP contribution is -2.48. The molecule has 1 N–H and O–H groups in total. The molecule has 0 radical (unpaired) electrons. The van der Waals surface area contributed by atoms with Gasteiger partial charge in [-0.1, -0.05) is 37.1 Å². The summed E-state index contributed by atoms with van der Waals surface area (Å²) in [6.07, 6.45) is 1.82. The Labute approximate surface area is 141 Å². The Balaban J connectivity index is 2.48. The fraction of sp³-hybridized carbons (Fsp3) is 0.412. The number of ether oxygens (including phenoxy) is 1. The minimum atomic E-state index is -0.563. The Morgan fingerprint density at radius 3 is 2.78 bits per heavy atom. The van der Waals surface area contributed by atoms with Crippen LogP contribution >= 0.6 is 11.6 Å². The standard InChI is InChI=1S/C17H21ClN2O3/c1-4-5-9-20-11(2)14(16(21)23-3)15(19-17(20)22)12-7-6-8-13(18)10-12/h6-8,10,15H,4-5,9H2,1-3H3,(H,19,22). The molecule has 1 aliphatic heterocycles. The second kappa shape index (κ2) is 7.51. The first kappa shape index (κ1) is 17.3. The summed E-state index contributed by atoms with van der Waals surface area (Å²) in [5.74, 6) is -0.450. The normalized spacial score (nSPS) is 18.0. The van der Waals surface area contributed by atoms with Gasteiger partial charge in [-0.05, 0) is 31.0 Å². The molecule has 1 heterocycles. The number of nitrogens with one attached hydrogen (secondary N) is 1. The van der Waals surface area contributed by atoms with E-state index in [-0.39, 0.29) is 6.03 Å². The van der Waals surface area contributed by atoms with Crippen LogP contribution in [0, 0.1) is 0 Å². The number of urea groups is 1. The topological polar surface area (TPSA) is 58.6 Å². The van der Waals surface area contributed by atoms with Gasteiger partial charge in [-0.15, -0.1) is 0 Å². The second-order valence-electron chi connectivity index (χ2n) is 5.43. The van der Waals surface area contributed by atoms with E-state index in [2.05, 4.69) is 12.2 Å². The van der Waals surface area contributed by atoms with E-state index in [1.165, 1.54) is 7.11 Å². The molecule has 2 amide bonds. The van der Waals surface area contributed by atoms with Crippen molar-refractivity contribution in [3.8, 4) is 0 Å². The number of hydrogen-bond donors (Lipinski definition) is 1. The summed E-state index contributed by atoms with van der Waals surface area (Å²) in [6.45, 7) is 4.39. The fourth-order valence-corrected chi connectivity index (χ4v) is 2.88. The molecular formula is C17H21ClN2O3. The first-order valence-corrected chi connectivity index (χ1v) is 8.00. The van der Waals surface area contributed by atoms with E-state index in [4.69, 9.17) is 16.3 Å². The number of allylic oxidation sites excluding steroid dienone is 1. The Kier molecular flexibility index (Phi) is 5.66. The van der Waals surface area contributed by atoms with Crippen LogP contribution < -0.4 is 5.32 Å². The molecule has 0 fully saturated rings. The van der Waals surface area contributed by atoms with Crippen molar-refractivity contribution in [3.05, 3.63) is 46.1 Å². The van der Waals surface area contributed by atoms with E-state index in [0.717, 1.165) is 18.4 Å². The van der Waals surface area contributed by atoms with E-state index in [9.17, 15) is 9.59 Å². The van der Waals surface area contributed by atoms with Crippen LogP contribution in [0.1, 0.15) is 38.3 Å². The smallest absolute Gasteiger partial charge is 0.337 e. The Morgan fingerprint density at radius 2 is 2.17 bits per heavy atom. The summed E-state index contributed by atoms with van der Waals surface area (Å²) >= 11 is 6.04. The minimum Gasteiger partial charge on any atom is -0.466 e. The summed E-state index contributed by atoms with van der Waals surface area (Å²) in [5, 5.41) is 3.43. The van der Waals surface area contributed by atoms with Crippen molar-refractivity contribution in [1.82, 2.24) is 10.2 Å². The van der Waals surface area contributed by atoms with Gasteiger partial charge in [0.05, 0.1) is 18.7 Å². The molecule has 5 nitrogen and oxygen atoms in total. The van der Waals surface area contributed by atoms with E-state index in [1.54, 1.807) is 30.0 Å². The molecule has 1 unspecified atom stereocenters. The third-order valence-corrected chi connectivity index (χ3v) is 4.15. The maximum absolute atomic E-state index is 12.4. The van der Waals surface area contributed by atoms with Crippen LogP contribution in [0.5, 0.6) is 0 Å². The summed E-state index contributed by atoms with van der Waals surface area (Å²) in [4.78, 5) is 26.3. The Hall–Kier alpha value is -2.01. The third kappa shape index (κ3) is 3.67. The van der Waals surface area contributed by atoms with Gasteiger partial charge < -0.3 is 10.1 Å². The highest BCUT2D eigenvalue weighted by Crippen LogP contribution is 2.32. The predicted molar refractivity (Wildman–Crippen MR) is 89.1 cm³/mol. The predicted octanol–water partition coefficient (Wildman–Crippen LogP) is 3.65. The number of nitrogens with zero attached hydrogens (tertiary/aromatic N) is 1. The maximum Gasteiger partial charge on any atom is 0.337 e. The summed E-state index contributed by atoms with van der Waals surface area (Å²) in [7, 11) is 1.34. The van der Waals surface area contributed by atoms with Gasteiger partial charge in [0.1, 0.15) is 0 Å². The summed E-state index contributed by atoms with van der Waals surface area (Å²) in [6, 6.07) is 6.33. The quantitative estimate of drug-likeness (QED) is 0.835. The molecule has 0 bridgehead atoms. The van der Waals surface area contributed by atoms with Crippen LogP contribution in [-0.4, -0.2) is 30.6 Å². The van der Waals surface area contributed by atoms with E-state index in [0.29, 0.717) is 22.8 Å². The first-order valence-electron chi connectivity index (χ1n) is 7.62. The third-order valence-electron chi connectivity index (χ3n) is 3.92. The molecule has 0 aliphatic carbocycles. The number of unbranched alkanes of at least 4 members (excludes halogenated alkanes) is 1. The molecule has 0 spiro atoms. The van der Waals surface area contributed by atoms with Gasteiger partial charge in [0.15, 0.2) is 0 Å². The number of hydrogen-bond acceptors (Lipinski definition) is 3. The second-order valence-corrected chi connectivity index (χ2v) is 5.87. The van der Waals surface area contributed by atoms with Gasteiger partial charge >= 0.3 is 12.0 Å². The lowest BCUT2D eigenvalue weighted by molar-refractivity contribution is -0.136. The zero-order valence-corrected chi connectivity index (χ0v) is 14.3. The van der Waals surface area contributed by atoms with Crippen molar-refractivity contribution in [1.29, 1.82) is 0 Å². The van der Waals surface area contributed by atoms with Crippen LogP contribution in [0.2, 0.25) is 5.02 Å². The molecule has 2 rings (SSSR count). The first-order chi connectivity index (χ1) is 11.0. The molecule has 124 valence electrons. The van der Waals surface area contributed by atoms with Crippen LogP contribution in [0.4, 0.5) is 4.79 Å². The molecule has 6 heteroatoms. The summed E-state index contributed by atoms with van der Waals surface area (Å²) < 4.78 is 4.92. The SMILES string of the molecule is CCCCN1C(=O)NC(c2cccc(Cl)c2)C(C(=O)OC)=C1C. The number of carbonyl (C=O) groups is 2. The number of benzene rings is 1. The monoisotopic (exact) mass is 336 g/mol. The van der Waals surface area contributed by atoms with Gasteiger partial charge in [0, 0.05) is 17.3 Å². The van der Waals surface area contributed by atoms with Crippen molar-refractivity contribution >= 4 is 23.6 Å². The molecule has 1 atom stereocenters. The molecular weight excluding hydrogens is 316 g/mol. The largest absolute Gasteiger partial charge is 0.466 e. The fourth-order valence-electron chi connectivity index (χ4n) is 2.68. The number of carbonyl (C=O) groups excluding carboxylic acids is 2. The van der Waals surface area contributed by atoms with Crippen molar-refractivity contribution in [2.45, 2.75) is 32.7 Å². The van der Waals surface area contributed by atoms with Crippen LogP contribution in [0.15, 0.2) is 35.5 Å². The molecule has 0 aromatic heterocycles. The highest BCUT2D eigenvalue weighted by atomic mass is 35.5. The van der Waals surface area contributed by atoms with Crippen molar-refractivity contribution < 1.29 is 14.3 Å². The van der Waals surface area contributed by atoms with Crippen molar-refractivity contribution in [3.63, 3.8) is 0 Å². The number of methoxy groups -OCH3 is 1. The number of amides is 2. The zero-order valence-electron chi connectivity index (χ0n) is 13.6. The van der Waals surface area contributed by atoms with Crippen molar-refractivity contribution in [2.24, 2.45) is 0 Å². The molecule has 0 saturated heterocycles. The van der Waals surface area contributed by atoms with Crippen LogP contribution in [0.3, 0.4) is 0 Å².